The van der Waals surface area contributed by atoms with E-state index in [0.29, 0.717) is 24.5 Å². The number of nitrogens with zero attached hydrogens (tertiary/aromatic N) is 1. The Morgan fingerprint density at radius 3 is 2.22 bits per heavy atom. The van der Waals surface area contributed by atoms with E-state index in [0.717, 1.165) is 11.1 Å². The maximum absolute atomic E-state index is 12.3. The van der Waals surface area contributed by atoms with Crippen molar-refractivity contribution < 1.29 is 14.4 Å². The van der Waals surface area contributed by atoms with E-state index in [4.69, 9.17) is 0 Å². The van der Waals surface area contributed by atoms with E-state index in [1.807, 2.05) is 31.2 Å². The molecule has 2 aromatic carbocycles. The Labute approximate surface area is 159 Å². The molecule has 6 heteroatoms. The molecule has 0 radical (unpaired) electrons. The van der Waals surface area contributed by atoms with Crippen molar-refractivity contribution in [2.75, 3.05) is 17.2 Å². The van der Waals surface area contributed by atoms with Gasteiger partial charge in [-0.15, -0.1) is 0 Å². The third kappa shape index (κ3) is 6.58. The van der Waals surface area contributed by atoms with Crippen molar-refractivity contribution in [3.8, 4) is 0 Å². The molecule has 0 aromatic heterocycles. The molecule has 0 heterocycles. The largest absolute Gasteiger partial charge is 0.338 e. The van der Waals surface area contributed by atoms with Crippen molar-refractivity contribution in [3.05, 3.63) is 59.7 Å². The molecule has 0 saturated heterocycles. The Balaban J connectivity index is 1.93. The second kappa shape index (κ2) is 9.52. The van der Waals surface area contributed by atoms with Crippen LogP contribution in [0.2, 0.25) is 0 Å². The van der Waals surface area contributed by atoms with E-state index in [9.17, 15) is 14.4 Å². The number of hydrogen-bond donors (Lipinski definition) is 2. The summed E-state index contributed by atoms with van der Waals surface area (Å²) in [5, 5.41) is 5.47. The van der Waals surface area contributed by atoms with Gasteiger partial charge < -0.3 is 15.5 Å². The van der Waals surface area contributed by atoms with Crippen LogP contribution in [0.15, 0.2) is 48.5 Å². The van der Waals surface area contributed by atoms with Gasteiger partial charge in [0.05, 0.1) is 0 Å². The van der Waals surface area contributed by atoms with Crippen molar-refractivity contribution in [2.45, 2.75) is 33.7 Å². The molecule has 142 valence electrons. The summed E-state index contributed by atoms with van der Waals surface area (Å²) < 4.78 is 0. The van der Waals surface area contributed by atoms with Crippen LogP contribution in [0.25, 0.3) is 0 Å². The van der Waals surface area contributed by atoms with Crippen LogP contribution in [-0.2, 0) is 20.9 Å². The number of nitrogens with one attached hydrogen (secondary N) is 2. The lowest BCUT2D eigenvalue weighted by Gasteiger charge is -2.22. The fourth-order valence-corrected chi connectivity index (χ4v) is 2.68. The van der Waals surface area contributed by atoms with E-state index < -0.39 is 0 Å². The van der Waals surface area contributed by atoms with Crippen LogP contribution in [0.5, 0.6) is 0 Å². The summed E-state index contributed by atoms with van der Waals surface area (Å²) in [4.78, 5) is 37.0. The van der Waals surface area contributed by atoms with E-state index in [2.05, 4.69) is 10.6 Å². The van der Waals surface area contributed by atoms with Crippen molar-refractivity contribution in [2.24, 2.45) is 0 Å². The SMILES string of the molecule is CC(=O)Nc1cccc(NC(=O)CCN(Cc2ccccc2C)C(C)=O)c1. The molecule has 2 aromatic rings. The Bertz CT molecular complexity index is 833. The Hall–Kier alpha value is -3.15. The minimum absolute atomic E-state index is 0.0706. The zero-order valence-electron chi connectivity index (χ0n) is 15.9. The summed E-state index contributed by atoms with van der Waals surface area (Å²) in [7, 11) is 0. The van der Waals surface area contributed by atoms with Crippen molar-refractivity contribution in [1.29, 1.82) is 0 Å². The van der Waals surface area contributed by atoms with E-state index in [1.54, 1.807) is 29.2 Å². The molecule has 2 N–H and O–H groups in total. The van der Waals surface area contributed by atoms with Crippen LogP contribution in [0.4, 0.5) is 11.4 Å². The molecule has 0 aliphatic rings. The summed E-state index contributed by atoms with van der Waals surface area (Å²) >= 11 is 0. The first-order valence-corrected chi connectivity index (χ1v) is 8.82. The van der Waals surface area contributed by atoms with Crippen molar-refractivity contribution in [3.63, 3.8) is 0 Å². The number of carbonyl (C=O) groups excluding carboxylic acids is 3. The summed E-state index contributed by atoms with van der Waals surface area (Å²) in [6.45, 7) is 5.75. The Kier molecular flexibility index (Phi) is 7.11. The predicted octanol–water partition coefficient (Wildman–Crippen LogP) is 3.33. The fourth-order valence-electron chi connectivity index (χ4n) is 2.68. The van der Waals surface area contributed by atoms with Crippen LogP contribution >= 0.6 is 0 Å². The van der Waals surface area contributed by atoms with Crippen LogP contribution < -0.4 is 10.6 Å². The standard InChI is InChI=1S/C21H25N3O3/c1-15-7-4-5-8-18(15)14-24(17(3)26)12-11-21(27)23-20-10-6-9-19(13-20)22-16(2)25/h4-10,13H,11-12,14H2,1-3H3,(H,22,25)(H,23,27). The van der Waals surface area contributed by atoms with E-state index in [-0.39, 0.29) is 24.1 Å². The molecule has 6 nitrogen and oxygen atoms in total. The minimum atomic E-state index is -0.189. The monoisotopic (exact) mass is 367 g/mol. The lowest BCUT2D eigenvalue weighted by atomic mass is 10.1. The molecule has 0 aliphatic heterocycles. The molecule has 0 saturated carbocycles. The smallest absolute Gasteiger partial charge is 0.226 e. The lowest BCUT2D eigenvalue weighted by Crippen LogP contribution is -2.31. The van der Waals surface area contributed by atoms with Gasteiger partial charge in [0.2, 0.25) is 17.7 Å². The molecule has 0 fully saturated rings. The van der Waals surface area contributed by atoms with Gasteiger partial charge in [-0.2, -0.15) is 0 Å². The topological polar surface area (TPSA) is 78.5 Å². The molecule has 0 spiro atoms. The van der Waals surface area contributed by atoms with Crippen molar-refractivity contribution >= 4 is 29.1 Å². The number of hydrogen-bond acceptors (Lipinski definition) is 3. The first-order chi connectivity index (χ1) is 12.8. The van der Waals surface area contributed by atoms with Crippen LogP contribution in [0.1, 0.15) is 31.4 Å². The van der Waals surface area contributed by atoms with Crippen LogP contribution in [0, 0.1) is 6.92 Å². The molecular weight excluding hydrogens is 342 g/mol. The normalized spacial score (nSPS) is 10.2. The summed E-state index contributed by atoms with van der Waals surface area (Å²) in [5.74, 6) is -0.434. The summed E-state index contributed by atoms with van der Waals surface area (Å²) in [6.07, 6.45) is 0.190. The molecule has 3 amide bonds. The zero-order valence-corrected chi connectivity index (χ0v) is 15.9. The molecule has 0 bridgehead atoms. The molecule has 0 atom stereocenters. The van der Waals surface area contributed by atoms with Gasteiger partial charge in [-0.25, -0.2) is 0 Å². The van der Waals surface area contributed by atoms with Gasteiger partial charge in [-0.3, -0.25) is 14.4 Å². The van der Waals surface area contributed by atoms with Gasteiger partial charge in [-0.05, 0) is 36.2 Å². The van der Waals surface area contributed by atoms with Crippen LogP contribution in [0.3, 0.4) is 0 Å². The Morgan fingerprint density at radius 1 is 0.926 bits per heavy atom. The third-order valence-corrected chi connectivity index (χ3v) is 4.14. The van der Waals surface area contributed by atoms with Gasteiger partial charge in [0, 0.05) is 44.7 Å². The molecule has 27 heavy (non-hydrogen) atoms. The number of rotatable bonds is 7. The average molecular weight is 367 g/mol. The second-order valence-electron chi connectivity index (χ2n) is 6.43. The molecule has 0 unspecified atom stereocenters. The van der Waals surface area contributed by atoms with Gasteiger partial charge in [0.1, 0.15) is 0 Å². The van der Waals surface area contributed by atoms with Gasteiger partial charge in [-0.1, -0.05) is 30.3 Å². The highest BCUT2D eigenvalue weighted by atomic mass is 16.2. The second-order valence-corrected chi connectivity index (χ2v) is 6.43. The number of benzene rings is 2. The van der Waals surface area contributed by atoms with Gasteiger partial charge in [0.25, 0.3) is 0 Å². The predicted molar refractivity (Wildman–Crippen MR) is 106 cm³/mol. The average Bonchev–Trinajstić information content (AvgIpc) is 2.59. The van der Waals surface area contributed by atoms with Crippen LogP contribution in [-0.4, -0.2) is 29.2 Å². The highest BCUT2D eigenvalue weighted by Gasteiger charge is 2.13. The third-order valence-electron chi connectivity index (χ3n) is 4.14. The van der Waals surface area contributed by atoms with Gasteiger partial charge in [0.15, 0.2) is 0 Å². The summed E-state index contributed by atoms with van der Waals surface area (Å²) in [6, 6.07) is 14.8. The first kappa shape index (κ1) is 20.2. The number of carbonyl (C=O) groups is 3. The van der Waals surface area contributed by atoms with E-state index in [1.165, 1.54) is 13.8 Å². The maximum atomic E-state index is 12.3. The molecule has 0 aliphatic carbocycles. The Morgan fingerprint density at radius 2 is 1.59 bits per heavy atom. The number of aryl methyl sites for hydroxylation is 1. The number of anilines is 2. The maximum Gasteiger partial charge on any atom is 0.226 e. The van der Waals surface area contributed by atoms with Gasteiger partial charge >= 0.3 is 0 Å². The fraction of sp³-hybridized carbons (Fsp3) is 0.286. The van der Waals surface area contributed by atoms with Crippen molar-refractivity contribution in [1.82, 2.24) is 4.90 Å². The highest BCUT2D eigenvalue weighted by Crippen LogP contribution is 2.16. The highest BCUT2D eigenvalue weighted by molar-refractivity contribution is 5.93. The number of amides is 3. The zero-order chi connectivity index (χ0) is 19.8. The lowest BCUT2D eigenvalue weighted by molar-refractivity contribution is -0.130. The van der Waals surface area contributed by atoms with E-state index >= 15 is 0 Å². The quantitative estimate of drug-likeness (QED) is 0.788. The molecular formula is C21H25N3O3. The first-order valence-electron chi connectivity index (χ1n) is 8.82. The molecule has 2 rings (SSSR count). The summed E-state index contributed by atoms with van der Waals surface area (Å²) in [5.41, 5.74) is 3.39. The minimum Gasteiger partial charge on any atom is -0.338 e.